The summed E-state index contributed by atoms with van der Waals surface area (Å²) in [4.78, 5) is 4.95. The van der Waals surface area contributed by atoms with Crippen molar-refractivity contribution < 1.29 is 0 Å². The maximum atomic E-state index is 6.65. The third kappa shape index (κ3) is 2.38. The van der Waals surface area contributed by atoms with Gasteiger partial charge in [0.05, 0.1) is 17.1 Å². The molecule has 21 heavy (non-hydrogen) atoms. The fourth-order valence-corrected chi connectivity index (χ4v) is 3.88. The lowest BCUT2D eigenvalue weighted by Gasteiger charge is -2.27. The number of benzene rings is 1. The molecular weight excluding hydrogens is 258 g/mol. The quantitative estimate of drug-likeness (QED) is 0.914. The Morgan fingerprint density at radius 2 is 1.90 bits per heavy atom. The smallest absolute Gasteiger partial charge is 0.127 e. The van der Waals surface area contributed by atoms with E-state index in [4.69, 9.17) is 10.7 Å². The monoisotopic (exact) mass is 283 g/mol. The number of rotatable bonds is 3. The van der Waals surface area contributed by atoms with Crippen molar-refractivity contribution in [1.29, 1.82) is 0 Å². The molecule has 0 amide bonds. The minimum Gasteiger partial charge on any atom is -0.324 e. The van der Waals surface area contributed by atoms with Crippen LogP contribution < -0.4 is 5.73 Å². The Bertz CT molecular complexity index is 648. The van der Waals surface area contributed by atoms with E-state index in [-0.39, 0.29) is 6.04 Å². The standard InChI is InChI=1S/C18H25N3/c1-12-7-10-16-15(11-12)20-18(21(16)14-8-9-14)17(19)13-5-3-2-4-6-13/h7,10-11,13-14,17H,2-6,8-9,19H2,1H3. The van der Waals surface area contributed by atoms with E-state index in [0.29, 0.717) is 12.0 Å². The predicted molar refractivity (Wildman–Crippen MR) is 86.2 cm³/mol. The molecule has 2 aliphatic rings. The molecule has 0 radical (unpaired) electrons. The van der Waals surface area contributed by atoms with E-state index in [1.165, 1.54) is 56.0 Å². The van der Waals surface area contributed by atoms with Crippen molar-refractivity contribution in [2.45, 2.75) is 64.0 Å². The number of hydrogen-bond acceptors (Lipinski definition) is 2. The Hall–Kier alpha value is -1.35. The predicted octanol–water partition coefficient (Wildman–Crippen LogP) is 4.26. The van der Waals surface area contributed by atoms with Crippen LogP contribution in [0.4, 0.5) is 0 Å². The van der Waals surface area contributed by atoms with E-state index in [1.807, 2.05) is 0 Å². The van der Waals surface area contributed by atoms with Crippen molar-refractivity contribution in [2.75, 3.05) is 0 Å². The van der Waals surface area contributed by atoms with Crippen LogP contribution in [0.5, 0.6) is 0 Å². The van der Waals surface area contributed by atoms with Crippen LogP contribution in [-0.4, -0.2) is 9.55 Å². The lowest BCUT2D eigenvalue weighted by atomic mass is 9.84. The van der Waals surface area contributed by atoms with Crippen LogP contribution in [0.2, 0.25) is 0 Å². The Labute approximate surface area is 126 Å². The van der Waals surface area contributed by atoms with Crippen LogP contribution in [0, 0.1) is 12.8 Å². The molecule has 3 nitrogen and oxygen atoms in total. The molecule has 4 rings (SSSR count). The maximum absolute atomic E-state index is 6.65. The summed E-state index contributed by atoms with van der Waals surface area (Å²) < 4.78 is 2.45. The first-order valence-corrected chi connectivity index (χ1v) is 8.48. The minimum absolute atomic E-state index is 0.110. The summed E-state index contributed by atoms with van der Waals surface area (Å²) in [7, 11) is 0. The SMILES string of the molecule is Cc1ccc2c(c1)nc(C(N)C1CCCCC1)n2C1CC1. The molecule has 1 unspecified atom stereocenters. The van der Waals surface area contributed by atoms with Crippen LogP contribution >= 0.6 is 0 Å². The molecular formula is C18H25N3. The van der Waals surface area contributed by atoms with Gasteiger partial charge >= 0.3 is 0 Å². The fraction of sp³-hybridized carbons (Fsp3) is 0.611. The Morgan fingerprint density at radius 3 is 2.62 bits per heavy atom. The molecule has 2 saturated carbocycles. The normalized spacial score (nSPS) is 21.8. The van der Waals surface area contributed by atoms with Crippen molar-refractivity contribution in [3.05, 3.63) is 29.6 Å². The van der Waals surface area contributed by atoms with Gasteiger partial charge in [0.1, 0.15) is 5.82 Å². The second kappa shape index (κ2) is 5.13. The zero-order chi connectivity index (χ0) is 14.4. The molecule has 0 aliphatic heterocycles. The number of hydrogen-bond donors (Lipinski definition) is 1. The Kier molecular flexibility index (Phi) is 3.26. The first-order chi connectivity index (χ1) is 10.2. The molecule has 1 aromatic carbocycles. The van der Waals surface area contributed by atoms with Crippen LogP contribution in [0.3, 0.4) is 0 Å². The van der Waals surface area contributed by atoms with Gasteiger partial charge in [0.25, 0.3) is 0 Å². The third-order valence-corrected chi connectivity index (χ3v) is 5.24. The summed E-state index contributed by atoms with van der Waals surface area (Å²) in [6.07, 6.45) is 9.15. The highest BCUT2D eigenvalue weighted by atomic mass is 15.1. The van der Waals surface area contributed by atoms with Gasteiger partial charge in [-0.05, 0) is 56.2 Å². The summed E-state index contributed by atoms with van der Waals surface area (Å²) in [5.74, 6) is 1.76. The molecule has 1 aromatic heterocycles. The van der Waals surface area contributed by atoms with Gasteiger partial charge < -0.3 is 10.3 Å². The van der Waals surface area contributed by atoms with Crippen LogP contribution in [-0.2, 0) is 0 Å². The van der Waals surface area contributed by atoms with Gasteiger partial charge in [0.15, 0.2) is 0 Å². The Balaban J connectivity index is 1.77. The maximum Gasteiger partial charge on any atom is 0.127 e. The van der Waals surface area contributed by atoms with Gasteiger partial charge in [-0.15, -0.1) is 0 Å². The summed E-state index contributed by atoms with van der Waals surface area (Å²) in [5.41, 5.74) is 10.3. The molecule has 0 bridgehead atoms. The molecule has 3 heteroatoms. The number of aromatic nitrogens is 2. The molecule has 1 atom stereocenters. The van der Waals surface area contributed by atoms with Gasteiger partial charge in [-0.1, -0.05) is 25.3 Å². The van der Waals surface area contributed by atoms with Crippen molar-refractivity contribution >= 4 is 11.0 Å². The molecule has 2 aliphatic carbocycles. The third-order valence-electron chi connectivity index (χ3n) is 5.24. The average Bonchev–Trinajstić information content (AvgIpc) is 3.28. The largest absolute Gasteiger partial charge is 0.324 e. The van der Waals surface area contributed by atoms with Gasteiger partial charge in [-0.25, -0.2) is 4.98 Å². The highest BCUT2D eigenvalue weighted by molar-refractivity contribution is 5.77. The number of nitrogens with two attached hydrogens (primary N) is 1. The highest BCUT2D eigenvalue weighted by Gasteiger charge is 2.32. The van der Waals surface area contributed by atoms with Gasteiger partial charge in [0.2, 0.25) is 0 Å². The van der Waals surface area contributed by atoms with Gasteiger partial charge in [-0.2, -0.15) is 0 Å². The van der Waals surface area contributed by atoms with E-state index in [9.17, 15) is 0 Å². The minimum atomic E-state index is 0.110. The van der Waals surface area contributed by atoms with Crippen molar-refractivity contribution in [3.8, 4) is 0 Å². The fourth-order valence-electron chi connectivity index (χ4n) is 3.88. The zero-order valence-corrected chi connectivity index (χ0v) is 12.9. The first-order valence-electron chi connectivity index (χ1n) is 8.48. The number of aryl methyl sites for hydroxylation is 1. The second-order valence-electron chi connectivity index (χ2n) is 6.99. The van der Waals surface area contributed by atoms with E-state index >= 15 is 0 Å². The summed E-state index contributed by atoms with van der Waals surface area (Å²) in [6, 6.07) is 7.37. The molecule has 2 aromatic rings. The van der Waals surface area contributed by atoms with Gasteiger partial charge in [-0.3, -0.25) is 0 Å². The van der Waals surface area contributed by atoms with Crippen molar-refractivity contribution in [2.24, 2.45) is 11.7 Å². The molecule has 1 heterocycles. The number of fused-ring (bicyclic) bond motifs is 1. The number of imidazole rings is 1. The van der Waals surface area contributed by atoms with Gasteiger partial charge in [0, 0.05) is 6.04 Å². The molecule has 112 valence electrons. The topological polar surface area (TPSA) is 43.8 Å². The summed E-state index contributed by atoms with van der Waals surface area (Å²) in [6.45, 7) is 2.14. The van der Waals surface area contributed by atoms with Crippen molar-refractivity contribution in [1.82, 2.24) is 9.55 Å². The lowest BCUT2D eigenvalue weighted by Crippen LogP contribution is -2.26. The number of nitrogens with zero attached hydrogens (tertiary/aromatic N) is 2. The molecule has 2 fully saturated rings. The zero-order valence-electron chi connectivity index (χ0n) is 12.9. The molecule has 2 N–H and O–H groups in total. The van der Waals surface area contributed by atoms with E-state index < -0.39 is 0 Å². The van der Waals surface area contributed by atoms with Crippen LogP contribution in [0.1, 0.15) is 68.4 Å². The van der Waals surface area contributed by atoms with E-state index in [1.54, 1.807) is 0 Å². The van der Waals surface area contributed by atoms with E-state index in [2.05, 4.69) is 29.7 Å². The second-order valence-corrected chi connectivity index (χ2v) is 6.99. The van der Waals surface area contributed by atoms with Crippen molar-refractivity contribution in [3.63, 3.8) is 0 Å². The highest BCUT2D eigenvalue weighted by Crippen LogP contribution is 2.42. The summed E-state index contributed by atoms with van der Waals surface area (Å²) >= 11 is 0. The average molecular weight is 283 g/mol. The van der Waals surface area contributed by atoms with E-state index in [0.717, 1.165) is 11.3 Å². The van der Waals surface area contributed by atoms with Crippen LogP contribution in [0.15, 0.2) is 18.2 Å². The molecule has 0 spiro atoms. The molecule has 0 saturated heterocycles. The Morgan fingerprint density at radius 1 is 1.14 bits per heavy atom. The summed E-state index contributed by atoms with van der Waals surface area (Å²) in [5, 5.41) is 0. The van der Waals surface area contributed by atoms with Crippen LogP contribution in [0.25, 0.3) is 11.0 Å². The lowest BCUT2D eigenvalue weighted by molar-refractivity contribution is 0.296. The first kappa shape index (κ1) is 13.3.